The van der Waals surface area contributed by atoms with Gasteiger partial charge in [-0.25, -0.2) is 4.68 Å². The maximum atomic E-state index is 4.96. The van der Waals surface area contributed by atoms with Crippen LogP contribution in [0.15, 0.2) is 0 Å². The Kier molecular flexibility index (Phi) is 4.24. The second-order valence-electron chi connectivity index (χ2n) is 4.22. The molecule has 0 spiro atoms. The van der Waals surface area contributed by atoms with Crippen molar-refractivity contribution in [3.8, 4) is 0 Å². The molecule has 1 N–H and O–H groups in total. The molecule has 0 saturated heterocycles. The molecular weight excluding hydrogens is 206 g/mol. The van der Waals surface area contributed by atoms with Gasteiger partial charge in [-0.05, 0) is 22.8 Å². The Bertz CT molecular complexity index is 310. The molecule has 0 bridgehead atoms. The number of hydrogen-bond donors (Lipinski definition) is 1. The van der Waals surface area contributed by atoms with E-state index in [-0.39, 0.29) is 0 Å². The Balaban J connectivity index is 1.71. The second-order valence-corrected chi connectivity index (χ2v) is 4.22. The van der Waals surface area contributed by atoms with E-state index in [4.69, 9.17) is 4.74 Å². The van der Waals surface area contributed by atoms with E-state index in [0.29, 0.717) is 13.2 Å². The van der Waals surface area contributed by atoms with Crippen molar-refractivity contribution in [2.45, 2.75) is 32.4 Å². The molecular formula is C10H19N5O. The van der Waals surface area contributed by atoms with Crippen LogP contribution in [0.2, 0.25) is 0 Å². The van der Waals surface area contributed by atoms with E-state index in [0.717, 1.165) is 24.8 Å². The van der Waals surface area contributed by atoms with Crippen LogP contribution < -0.4 is 5.32 Å². The maximum absolute atomic E-state index is 4.96. The quantitative estimate of drug-likeness (QED) is 0.641. The van der Waals surface area contributed by atoms with Gasteiger partial charge in [0.2, 0.25) is 0 Å². The molecule has 2 rings (SSSR count). The van der Waals surface area contributed by atoms with Crippen LogP contribution >= 0.6 is 0 Å². The van der Waals surface area contributed by atoms with Crippen molar-refractivity contribution in [2.75, 3.05) is 20.3 Å². The summed E-state index contributed by atoms with van der Waals surface area (Å²) < 4.78 is 6.86. The highest BCUT2D eigenvalue weighted by Crippen LogP contribution is 2.32. The van der Waals surface area contributed by atoms with Gasteiger partial charge in [-0.3, -0.25) is 0 Å². The van der Waals surface area contributed by atoms with E-state index in [1.165, 1.54) is 19.3 Å². The fourth-order valence-electron chi connectivity index (χ4n) is 1.61. The Morgan fingerprint density at radius 2 is 2.38 bits per heavy atom. The molecule has 0 radical (unpaired) electrons. The molecule has 0 aromatic carbocycles. The highest BCUT2D eigenvalue weighted by atomic mass is 16.5. The number of aryl methyl sites for hydroxylation is 1. The number of tetrazole rings is 1. The predicted molar refractivity (Wildman–Crippen MR) is 58.7 cm³/mol. The van der Waals surface area contributed by atoms with Crippen molar-refractivity contribution < 1.29 is 4.74 Å². The highest BCUT2D eigenvalue weighted by molar-refractivity contribution is 4.81. The van der Waals surface area contributed by atoms with Crippen molar-refractivity contribution in [3.63, 3.8) is 0 Å². The van der Waals surface area contributed by atoms with E-state index in [2.05, 4.69) is 20.8 Å². The van der Waals surface area contributed by atoms with Gasteiger partial charge in [-0.1, -0.05) is 12.8 Å². The molecule has 0 amide bonds. The van der Waals surface area contributed by atoms with Crippen molar-refractivity contribution in [1.29, 1.82) is 0 Å². The van der Waals surface area contributed by atoms with E-state index in [1.807, 2.05) is 4.68 Å². The van der Waals surface area contributed by atoms with Crippen LogP contribution in [-0.2, 0) is 17.8 Å². The zero-order chi connectivity index (χ0) is 11.2. The second kappa shape index (κ2) is 5.91. The van der Waals surface area contributed by atoms with Crippen LogP contribution in [0.5, 0.6) is 0 Å². The van der Waals surface area contributed by atoms with Crippen molar-refractivity contribution in [3.05, 3.63) is 5.82 Å². The number of rotatable bonds is 8. The molecule has 1 fully saturated rings. The normalized spacial score (nSPS) is 15.6. The van der Waals surface area contributed by atoms with Crippen LogP contribution in [0.3, 0.4) is 0 Å². The molecule has 0 atom stereocenters. The average Bonchev–Trinajstić information content (AvgIpc) is 3.02. The van der Waals surface area contributed by atoms with E-state index >= 15 is 0 Å². The highest BCUT2D eigenvalue weighted by Gasteiger charge is 2.21. The minimum atomic E-state index is 0.709. The van der Waals surface area contributed by atoms with Crippen LogP contribution in [0.1, 0.15) is 25.1 Å². The lowest BCUT2D eigenvalue weighted by Crippen LogP contribution is -2.21. The molecule has 6 nitrogen and oxygen atoms in total. The van der Waals surface area contributed by atoms with Crippen LogP contribution in [0, 0.1) is 5.92 Å². The molecule has 0 unspecified atom stereocenters. The lowest BCUT2D eigenvalue weighted by atomic mass is 10.3. The first-order valence-corrected chi connectivity index (χ1v) is 5.85. The first-order valence-electron chi connectivity index (χ1n) is 5.85. The number of nitrogens with zero attached hydrogens (tertiary/aromatic N) is 4. The average molecular weight is 225 g/mol. The molecule has 1 aromatic rings. The third kappa shape index (κ3) is 3.53. The van der Waals surface area contributed by atoms with Gasteiger partial charge in [-0.15, -0.1) is 5.10 Å². The van der Waals surface area contributed by atoms with Crippen molar-refractivity contribution in [2.24, 2.45) is 5.92 Å². The van der Waals surface area contributed by atoms with Gasteiger partial charge in [0.1, 0.15) is 0 Å². The summed E-state index contributed by atoms with van der Waals surface area (Å²) in [5, 5.41) is 15.0. The zero-order valence-electron chi connectivity index (χ0n) is 9.72. The minimum absolute atomic E-state index is 0.709. The van der Waals surface area contributed by atoms with Gasteiger partial charge in [0.05, 0.1) is 13.2 Å². The van der Waals surface area contributed by atoms with Crippen LogP contribution in [-0.4, -0.2) is 40.5 Å². The van der Waals surface area contributed by atoms with Crippen molar-refractivity contribution in [1.82, 2.24) is 25.5 Å². The molecule has 1 aliphatic rings. The minimum Gasteiger partial charge on any atom is -0.383 e. The predicted octanol–water partition coefficient (Wildman–Crippen LogP) is 0.209. The summed E-state index contributed by atoms with van der Waals surface area (Å²) in [6.45, 7) is 3.19. The SMILES string of the molecule is COCCNCc1nnnn1CCC1CC1. The summed E-state index contributed by atoms with van der Waals surface area (Å²) in [5.41, 5.74) is 0. The van der Waals surface area contributed by atoms with Gasteiger partial charge in [0.15, 0.2) is 5.82 Å². The number of methoxy groups -OCH3 is 1. The fourth-order valence-corrected chi connectivity index (χ4v) is 1.61. The first-order chi connectivity index (χ1) is 7.90. The van der Waals surface area contributed by atoms with Gasteiger partial charge in [0, 0.05) is 20.2 Å². The van der Waals surface area contributed by atoms with Crippen LogP contribution in [0.4, 0.5) is 0 Å². The van der Waals surface area contributed by atoms with Gasteiger partial charge in [-0.2, -0.15) is 0 Å². The summed E-state index contributed by atoms with van der Waals surface area (Å²) in [6, 6.07) is 0. The Morgan fingerprint density at radius 3 is 3.12 bits per heavy atom. The summed E-state index contributed by atoms with van der Waals surface area (Å²) in [4.78, 5) is 0. The molecule has 0 aliphatic heterocycles. The standard InChI is InChI=1S/C10H19N5O/c1-16-7-5-11-8-10-12-13-14-15(10)6-4-9-2-3-9/h9,11H,2-8H2,1H3. The van der Waals surface area contributed by atoms with Crippen molar-refractivity contribution >= 4 is 0 Å². The molecule has 1 heterocycles. The topological polar surface area (TPSA) is 64.9 Å². The molecule has 16 heavy (non-hydrogen) atoms. The van der Waals surface area contributed by atoms with Gasteiger partial charge >= 0.3 is 0 Å². The van der Waals surface area contributed by atoms with Gasteiger partial charge < -0.3 is 10.1 Å². The Morgan fingerprint density at radius 1 is 1.50 bits per heavy atom. The summed E-state index contributed by atoms with van der Waals surface area (Å²) in [7, 11) is 1.70. The first kappa shape index (κ1) is 11.5. The number of hydrogen-bond acceptors (Lipinski definition) is 5. The zero-order valence-corrected chi connectivity index (χ0v) is 9.72. The third-order valence-electron chi connectivity index (χ3n) is 2.82. The van der Waals surface area contributed by atoms with Crippen LogP contribution in [0.25, 0.3) is 0 Å². The molecule has 1 aliphatic carbocycles. The number of nitrogens with one attached hydrogen (secondary N) is 1. The lowest BCUT2D eigenvalue weighted by Gasteiger charge is -2.05. The summed E-state index contributed by atoms with van der Waals surface area (Å²) in [5.74, 6) is 1.83. The maximum Gasteiger partial charge on any atom is 0.165 e. The Labute approximate surface area is 95.4 Å². The molecule has 1 aromatic heterocycles. The van der Waals surface area contributed by atoms with Gasteiger partial charge in [0.25, 0.3) is 0 Å². The lowest BCUT2D eigenvalue weighted by molar-refractivity contribution is 0.198. The molecule has 1 saturated carbocycles. The van der Waals surface area contributed by atoms with E-state index < -0.39 is 0 Å². The smallest absolute Gasteiger partial charge is 0.165 e. The monoisotopic (exact) mass is 225 g/mol. The Hall–Kier alpha value is -1.01. The third-order valence-corrected chi connectivity index (χ3v) is 2.82. The van der Waals surface area contributed by atoms with E-state index in [9.17, 15) is 0 Å². The molecule has 90 valence electrons. The fraction of sp³-hybridized carbons (Fsp3) is 0.900. The summed E-state index contributed by atoms with van der Waals surface area (Å²) >= 11 is 0. The van der Waals surface area contributed by atoms with E-state index in [1.54, 1.807) is 7.11 Å². The largest absolute Gasteiger partial charge is 0.383 e. The number of ether oxygens (including phenoxy) is 1. The molecule has 6 heteroatoms. The number of aromatic nitrogens is 4. The summed E-state index contributed by atoms with van der Waals surface area (Å²) in [6.07, 6.45) is 3.96.